The zero-order valence-corrected chi connectivity index (χ0v) is 16.9. The predicted molar refractivity (Wildman–Crippen MR) is 105 cm³/mol. The molecule has 1 atom stereocenters. The van der Waals surface area contributed by atoms with Crippen LogP contribution in [0.25, 0.3) is 0 Å². The van der Waals surface area contributed by atoms with Crippen molar-refractivity contribution < 1.29 is 17.6 Å². The number of nitrogens with one attached hydrogen (secondary N) is 2. The summed E-state index contributed by atoms with van der Waals surface area (Å²) in [7, 11) is -3.90. The average molecular weight is 413 g/mol. The standard InChI is InChI=1S/C19H22ClFN2O3S/c1-12(2)10-18(19(24)22-17-9-6-14(20)11-16(17)21)23-27(25,26)15-7-4-13(3)5-8-15/h4-9,11-12,18,23H,10H2,1-3H3,(H,22,24). The molecule has 0 aliphatic heterocycles. The second-order valence-corrected chi connectivity index (χ2v) is 8.88. The lowest BCUT2D eigenvalue weighted by atomic mass is 10.0. The van der Waals surface area contributed by atoms with Crippen LogP contribution in [0, 0.1) is 18.7 Å². The molecule has 146 valence electrons. The molecule has 0 aromatic heterocycles. The Kier molecular flexibility index (Phi) is 6.97. The summed E-state index contributed by atoms with van der Waals surface area (Å²) in [4.78, 5) is 12.7. The molecule has 27 heavy (non-hydrogen) atoms. The van der Waals surface area contributed by atoms with Crippen LogP contribution in [0.1, 0.15) is 25.8 Å². The van der Waals surface area contributed by atoms with Gasteiger partial charge in [0.2, 0.25) is 15.9 Å². The van der Waals surface area contributed by atoms with Crippen molar-refractivity contribution in [2.24, 2.45) is 5.92 Å². The molecule has 0 saturated carbocycles. The fraction of sp³-hybridized carbons (Fsp3) is 0.316. The normalized spacial score (nSPS) is 12.8. The molecule has 0 radical (unpaired) electrons. The molecular weight excluding hydrogens is 391 g/mol. The van der Waals surface area contributed by atoms with Gasteiger partial charge in [0, 0.05) is 5.02 Å². The van der Waals surface area contributed by atoms with Gasteiger partial charge in [-0.25, -0.2) is 12.8 Å². The Morgan fingerprint density at radius 3 is 2.33 bits per heavy atom. The SMILES string of the molecule is Cc1ccc(S(=O)(=O)NC(CC(C)C)C(=O)Nc2ccc(Cl)cc2F)cc1. The van der Waals surface area contributed by atoms with Gasteiger partial charge in [0.25, 0.3) is 0 Å². The van der Waals surface area contributed by atoms with Crippen LogP contribution >= 0.6 is 11.6 Å². The molecule has 0 fully saturated rings. The smallest absolute Gasteiger partial charge is 0.242 e. The van der Waals surface area contributed by atoms with E-state index in [1.165, 1.54) is 24.3 Å². The Morgan fingerprint density at radius 2 is 1.78 bits per heavy atom. The highest BCUT2D eigenvalue weighted by molar-refractivity contribution is 7.89. The van der Waals surface area contributed by atoms with E-state index in [-0.39, 0.29) is 27.9 Å². The molecule has 0 aliphatic carbocycles. The summed E-state index contributed by atoms with van der Waals surface area (Å²) < 4.78 is 41.6. The second kappa shape index (κ2) is 8.82. The van der Waals surface area contributed by atoms with Crippen LogP contribution in [0.3, 0.4) is 0 Å². The number of halogens is 2. The maximum Gasteiger partial charge on any atom is 0.242 e. The molecule has 2 aromatic carbocycles. The van der Waals surface area contributed by atoms with E-state index in [4.69, 9.17) is 11.6 Å². The van der Waals surface area contributed by atoms with Gasteiger partial charge in [-0.15, -0.1) is 0 Å². The first-order chi connectivity index (χ1) is 12.6. The molecule has 0 bridgehead atoms. The first-order valence-electron chi connectivity index (χ1n) is 8.43. The van der Waals surface area contributed by atoms with Gasteiger partial charge in [-0.1, -0.05) is 43.1 Å². The molecule has 2 rings (SSSR count). The average Bonchev–Trinajstić information content (AvgIpc) is 2.56. The monoisotopic (exact) mass is 412 g/mol. The van der Waals surface area contributed by atoms with E-state index in [9.17, 15) is 17.6 Å². The number of amides is 1. The summed E-state index contributed by atoms with van der Waals surface area (Å²) in [6, 6.07) is 9.09. The number of carbonyl (C=O) groups is 1. The number of aryl methyl sites for hydroxylation is 1. The minimum Gasteiger partial charge on any atom is -0.322 e. The molecule has 0 spiro atoms. The highest BCUT2D eigenvalue weighted by Gasteiger charge is 2.27. The Labute approximate surface area is 164 Å². The van der Waals surface area contributed by atoms with Crippen molar-refractivity contribution >= 4 is 33.2 Å². The van der Waals surface area contributed by atoms with Gasteiger partial charge in [-0.05, 0) is 49.6 Å². The summed E-state index contributed by atoms with van der Waals surface area (Å²) in [5, 5.41) is 2.62. The molecule has 8 heteroatoms. The van der Waals surface area contributed by atoms with Crippen LogP contribution in [0.5, 0.6) is 0 Å². The van der Waals surface area contributed by atoms with Crippen LogP contribution in [0.2, 0.25) is 5.02 Å². The number of benzene rings is 2. The van der Waals surface area contributed by atoms with E-state index in [0.29, 0.717) is 0 Å². The van der Waals surface area contributed by atoms with Gasteiger partial charge in [-0.2, -0.15) is 4.72 Å². The lowest BCUT2D eigenvalue weighted by Crippen LogP contribution is -2.44. The number of hydrogen-bond acceptors (Lipinski definition) is 3. The van der Waals surface area contributed by atoms with Gasteiger partial charge in [0.15, 0.2) is 0 Å². The minimum absolute atomic E-state index is 0.0385. The Balaban J connectivity index is 2.23. The number of rotatable bonds is 7. The lowest BCUT2D eigenvalue weighted by Gasteiger charge is -2.20. The highest BCUT2D eigenvalue weighted by Crippen LogP contribution is 2.20. The van der Waals surface area contributed by atoms with Crippen molar-refractivity contribution in [2.45, 2.75) is 38.1 Å². The third kappa shape index (κ3) is 6.02. The minimum atomic E-state index is -3.90. The topological polar surface area (TPSA) is 75.3 Å². The molecule has 2 aromatic rings. The molecule has 1 amide bonds. The summed E-state index contributed by atoms with van der Waals surface area (Å²) >= 11 is 5.71. The van der Waals surface area contributed by atoms with Crippen LogP contribution in [-0.4, -0.2) is 20.4 Å². The molecular formula is C19H22ClFN2O3S. The summed E-state index contributed by atoms with van der Waals surface area (Å²) in [6.07, 6.45) is 0.256. The first kappa shape index (κ1) is 21.3. The third-order valence-electron chi connectivity index (χ3n) is 3.84. The van der Waals surface area contributed by atoms with Gasteiger partial charge in [0.1, 0.15) is 11.9 Å². The summed E-state index contributed by atoms with van der Waals surface area (Å²) in [6.45, 7) is 5.58. The predicted octanol–water partition coefficient (Wildman–Crippen LogP) is 4.12. The fourth-order valence-corrected chi connectivity index (χ4v) is 3.83. The largest absolute Gasteiger partial charge is 0.322 e. The molecule has 2 N–H and O–H groups in total. The first-order valence-corrected chi connectivity index (χ1v) is 10.3. The number of sulfonamides is 1. The van der Waals surface area contributed by atoms with Gasteiger partial charge < -0.3 is 5.32 Å². The maximum atomic E-state index is 13.9. The lowest BCUT2D eigenvalue weighted by molar-refractivity contribution is -0.118. The molecule has 0 heterocycles. The molecule has 1 unspecified atom stereocenters. The van der Waals surface area contributed by atoms with E-state index >= 15 is 0 Å². The molecule has 0 saturated heterocycles. The van der Waals surface area contributed by atoms with Crippen molar-refractivity contribution in [1.29, 1.82) is 0 Å². The van der Waals surface area contributed by atoms with E-state index in [0.717, 1.165) is 11.6 Å². The second-order valence-electron chi connectivity index (χ2n) is 6.73. The van der Waals surface area contributed by atoms with Crippen molar-refractivity contribution in [2.75, 3.05) is 5.32 Å². The van der Waals surface area contributed by atoms with Crippen LogP contribution < -0.4 is 10.0 Å². The van der Waals surface area contributed by atoms with Crippen LogP contribution in [-0.2, 0) is 14.8 Å². The van der Waals surface area contributed by atoms with E-state index in [1.54, 1.807) is 12.1 Å². The van der Waals surface area contributed by atoms with Gasteiger partial charge >= 0.3 is 0 Å². The van der Waals surface area contributed by atoms with Crippen molar-refractivity contribution in [1.82, 2.24) is 4.72 Å². The van der Waals surface area contributed by atoms with E-state index in [2.05, 4.69) is 10.0 Å². The zero-order chi connectivity index (χ0) is 20.2. The zero-order valence-electron chi connectivity index (χ0n) is 15.3. The van der Waals surface area contributed by atoms with Crippen molar-refractivity contribution in [3.8, 4) is 0 Å². The Bertz CT molecular complexity index is 915. The maximum absolute atomic E-state index is 13.9. The fourth-order valence-electron chi connectivity index (χ4n) is 2.46. The summed E-state index contributed by atoms with van der Waals surface area (Å²) in [5.41, 5.74) is 0.858. The highest BCUT2D eigenvalue weighted by atomic mass is 35.5. The van der Waals surface area contributed by atoms with Crippen molar-refractivity contribution in [3.05, 3.63) is 58.9 Å². The van der Waals surface area contributed by atoms with Gasteiger partial charge in [-0.3, -0.25) is 4.79 Å². The van der Waals surface area contributed by atoms with E-state index in [1.807, 2.05) is 20.8 Å². The van der Waals surface area contributed by atoms with Gasteiger partial charge in [0.05, 0.1) is 10.6 Å². The third-order valence-corrected chi connectivity index (χ3v) is 5.56. The number of hydrogen-bond donors (Lipinski definition) is 2. The summed E-state index contributed by atoms with van der Waals surface area (Å²) in [5.74, 6) is -1.29. The Morgan fingerprint density at radius 1 is 1.15 bits per heavy atom. The number of anilines is 1. The van der Waals surface area contributed by atoms with Crippen LogP contribution in [0.15, 0.2) is 47.4 Å². The van der Waals surface area contributed by atoms with Crippen LogP contribution in [0.4, 0.5) is 10.1 Å². The molecule has 5 nitrogen and oxygen atoms in total. The Hall–Kier alpha value is -1.96. The van der Waals surface area contributed by atoms with Crippen molar-refractivity contribution in [3.63, 3.8) is 0 Å². The van der Waals surface area contributed by atoms with E-state index < -0.39 is 27.8 Å². The molecule has 0 aliphatic rings. The number of carbonyl (C=O) groups excluding carboxylic acids is 1. The quantitative estimate of drug-likeness (QED) is 0.718.